The van der Waals surface area contributed by atoms with Crippen molar-refractivity contribution in [2.75, 3.05) is 31.3 Å². The van der Waals surface area contributed by atoms with E-state index >= 15 is 0 Å². The largest absolute Gasteiger partial charge is 0.468 e. The molecule has 0 unspecified atom stereocenters. The summed E-state index contributed by atoms with van der Waals surface area (Å²) in [5.41, 5.74) is 1.74. The molecule has 0 saturated carbocycles. The second-order valence-electron chi connectivity index (χ2n) is 7.08. The Balaban J connectivity index is 1.50. The molecule has 31 heavy (non-hydrogen) atoms. The van der Waals surface area contributed by atoms with Gasteiger partial charge in [0.2, 0.25) is 21.1 Å². The molecule has 1 fully saturated rings. The zero-order valence-electron chi connectivity index (χ0n) is 17.2. The number of thioether (sulfide) groups is 1. The van der Waals surface area contributed by atoms with Crippen molar-refractivity contribution < 1.29 is 22.7 Å². The lowest BCUT2D eigenvalue weighted by atomic mass is 9.97. The van der Waals surface area contributed by atoms with E-state index in [1.165, 1.54) is 34.5 Å². The molecule has 0 spiro atoms. The first-order valence-electron chi connectivity index (χ1n) is 9.65. The number of hydrogen-bond donors (Lipinski definition) is 1. The highest BCUT2D eigenvalue weighted by Crippen LogP contribution is 2.27. The number of amides is 1. The maximum Gasteiger partial charge on any atom is 0.316 e. The number of piperidine rings is 1. The number of carbonyl (C=O) groups excluding carboxylic acids is 2. The van der Waals surface area contributed by atoms with Crippen molar-refractivity contribution in [3.63, 3.8) is 0 Å². The zero-order valence-corrected chi connectivity index (χ0v) is 19.7. The summed E-state index contributed by atoms with van der Waals surface area (Å²) in [6.07, 6.45) is 0.892. The molecule has 1 aromatic carbocycles. The third-order valence-electron chi connectivity index (χ3n) is 5.00. The Labute approximate surface area is 189 Å². The number of anilines is 1. The van der Waals surface area contributed by atoms with Crippen LogP contribution in [0.4, 0.5) is 5.13 Å². The molecule has 0 atom stereocenters. The number of carbonyl (C=O) groups is 2. The van der Waals surface area contributed by atoms with Crippen LogP contribution in [0, 0.1) is 12.8 Å². The number of nitrogens with zero attached hydrogens (tertiary/aromatic N) is 3. The predicted octanol–water partition coefficient (Wildman–Crippen LogP) is 2.29. The van der Waals surface area contributed by atoms with Crippen molar-refractivity contribution in [2.45, 2.75) is 29.9 Å². The SMILES string of the molecule is COC(=O)CSc1nnc(NC(=O)C2CCN(S(=O)(=O)Cc3ccccc3C)CC2)s1. The van der Waals surface area contributed by atoms with E-state index in [0.29, 0.717) is 35.4 Å². The molecule has 2 aromatic rings. The Morgan fingerprint density at radius 1 is 1.26 bits per heavy atom. The summed E-state index contributed by atoms with van der Waals surface area (Å²) in [4.78, 5) is 23.7. The fourth-order valence-electron chi connectivity index (χ4n) is 3.16. The highest BCUT2D eigenvalue weighted by molar-refractivity contribution is 8.01. The van der Waals surface area contributed by atoms with Gasteiger partial charge in [-0.2, -0.15) is 0 Å². The molecule has 9 nitrogen and oxygen atoms in total. The summed E-state index contributed by atoms with van der Waals surface area (Å²) in [5, 5.41) is 11.0. The van der Waals surface area contributed by atoms with Crippen LogP contribution >= 0.6 is 23.1 Å². The molecule has 0 aliphatic carbocycles. The van der Waals surface area contributed by atoms with E-state index in [1.807, 2.05) is 31.2 Å². The molecule has 3 rings (SSSR count). The molecular formula is C19H24N4O5S3. The minimum atomic E-state index is -3.44. The standard InChI is InChI=1S/C19H24N4O5S3/c1-13-5-3-4-6-15(13)12-31(26,27)23-9-7-14(8-10-23)17(25)20-18-21-22-19(30-18)29-11-16(24)28-2/h3-6,14H,7-12H2,1-2H3,(H,20,21,25). The van der Waals surface area contributed by atoms with Crippen LogP contribution in [0.25, 0.3) is 0 Å². The van der Waals surface area contributed by atoms with Gasteiger partial charge in [-0.05, 0) is 30.9 Å². The van der Waals surface area contributed by atoms with Gasteiger partial charge in [-0.15, -0.1) is 10.2 Å². The first-order chi connectivity index (χ1) is 14.8. The Kier molecular flexibility index (Phi) is 8.03. The van der Waals surface area contributed by atoms with Crippen LogP contribution in [0.5, 0.6) is 0 Å². The van der Waals surface area contributed by atoms with E-state index in [9.17, 15) is 18.0 Å². The van der Waals surface area contributed by atoms with Crippen LogP contribution in [0.3, 0.4) is 0 Å². The lowest BCUT2D eigenvalue weighted by Gasteiger charge is -2.30. The first kappa shape index (κ1) is 23.6. The third-order valence-corrected chi connectivity index (χ3v) is 8.77. The van der Waals surface area contributed by atoms with E-state index in [2.05, 4.69) is 20.3 Å². The van der Waals surface area contributed by atoms with E-state index in [-0.39, 0.29) is 29.3 Å². The summed E-state index contributed by atoms with van der Waals surface area (Å²) in [6, 6.07) is 7.44. The first-order valence-corrected chi connectivity index (χ1v) is 13.1. The van der Waals surface area contributed by atoms with Gasteiger partial charge in [0, 0.05) is 19.0 Å². The second kappa shape index (κ2) is 10.5. The van der Waals surface area contributed by atoms with Gasteiger partial charge in [-0.1, -0.05) is 47.4 Å². The Morgan fingerprint density at radius 2 is 1.97 bits per heavy atom. The average Bonchev–Trinajstić information content (AvgIpc) is 3.21. The molecule has 1 aliphatic heterocycles. The number of hydrogen-bond acceptors (Lipinski definition) is 9. The molecule has 1 saturated heterocycles. The average molecular weight is 485 g/mol. The molecule has 0 bridgehead atoms. The normalized spacial score (nSPS) is 15.5. The van der Waals surface area contributed by atoms with Gasteiger partial charge in [0.05, 0.1) is 18.6 Å². The topological polar surface area (TPSA) is 119 Å². The number of aromatic nitrogens is 2. The van der Waals surface area contributed by atoms with Gasteiger partial charge in [0.1, 0.15) is 0 Å². The van der Waals surface area contributed by atoms with Crippen molar-refractivity contribution in [2.24, 2.45) is 5.92 Å². The van der Waals surface area contributed by atoms with Crippen LogP contribution in [0.15, 0.2) is 28.6 Å². The quantitative estimate of drug-likeness (QED) is 0.344. The van der Waals surface area contributed by atoms with Crippen molar-refractivity contribution in [3.8, 4) is 0 Å². The molecular weight excluding hydrogens is 460 g/mol. The minimum absolute atomic E-state index is 0.0344. The van der Waals surface area contributed by atoms with Crippen LogP contribution < -0.4 is 5.32 Å². The number of sulfonamides is 1. The number of ether oxygens (including phenoxy) is 1. The molecule has 1 aliphatic rings. The summed E-state index contributed by atoms with van der Waals surface area (Å²) in [6.45, 7) is 2.51. The van der Waals surface area contributed by atoms with Gasteiger partial charge in [-0.25, -0.2) is 12.7 Å². The third kappa shape index (κ3) is 6.48. The number of methoxy groups -OCH3 is 1. The Hall–Kier alpha value is -2.02. The van der Waals surface area contributed by atoms with E-state index in [0.717, 1.165) is 11.1 Å². The summed E-state index contributed by atoms with van der Waals surface area (Å²) >= 11 is 2.37. The van der Waals surface area contributed by atoms with Crippen LogP contribution in [0.2, 0.25) is 0 Å². The predicted molar refractivity (Wildman–Crippen MR) is 119 cm³/mol. The molecule has 1 amide bonds. The number of nitrogens with one attached hydrogen (secondary N) is 1. The van der Waals surface area contributed by atoms with E-state index in [1.54, 1.807) is 0 Å². The minimum Gasteiger partial charge on any atom is -0.468 e. The van der Waals surface area contributed by atoms with Gasteiger partial charge < -0.3 is 10.1 Å². The van der Waals surface area contributed by atoms with Crippen molar-refractivity contribution in [1.82, 2.24) is 14.5 Å². The van der Waals surface area contributed by atoms with E-state index in [4.69, 9.17) is 0 Å². The smallest absolute Gasteiger partial charge is 0.316 e. The lowest BCUT2D eigenvalue weighted by Crippen LogP contribution is -2.41. The number of rotatable bonds is 8. The van der Waals surface area contributed by atoms with Gasteiger partial charge >= 0.3 is 5.97 Å². The van der Waals surface area contributed by atoms with Crippen molar-refractivity contribution in [3.05, 3.63) is 35.4 Å². The highest BCUT2D eigenvalue weighted by Gasteiger charge is 2.31. The molecule has 2 heterocycles. The summed E-state index contributed by atoms with van der Waals surface area (Å²) in [7, 11) is -2.12. The molecule has 1 aromatic heterocycles. The van der Waals surface area contributed by atoms with Gasteiger partial charge in [0.25, 0.3) is 0 Å². The second-order valence-corrected chi connectivity index (χ2v) is 11.3. The highest BCUT2D eigenvalue weighted by atomic mass is 32.2. The van der Waals surface area contributed by atoms with Gasteiger partial charge in [0.15, 0.2) is 4.34 Å². The lowest BCUT2D eigenvalue weighted by molar-refractivity contribution is -0.137. The number of esters is 1. The molecule has 0 radical (unpaired) electrons. The summed E-state index contributed by atoms with van der Waals surface area (Å²) < 4.78 is 32.2. The van der Waals surface area contributed by atoms with E-state index < -0.39 is 10.0 Å². The van der Waals surface area contributed by atoms with Gasteiger partial charge in [-0.3, -0.25) is 9.59 Å². The molecule has 168 valence electrons. The number of aryl methyl sites for hydroxylation is 1. The zero-order chi connectivity index (χ0) is 22.4. The number of benzene rings is 1. The van der Waals surface area contributed by atoms with Crippen LogP contribution in [-0.2, 0) is 30.1 Å². The van der Waals surface area contributed by atoms with Crippen molar-refractivity contribution in [1.29, 1.82) is 0 Å². The maximum atomic E-state index is 12.8. The molecule has 1 N–H and O–H groups in total. The molecule has 12 heteroatoms. The maximum absolute atomic E-state index is 12.8. The summed E-state index contributed by atoms with van der Waals surface area (Å²) in [5.74, 6) is -0.770. The van der Waals surface area contributed by atoms with Crippen LogP contribution in [0.1, 0.15) is 24.0 Å². The Bertz CT molecular complexity index is 1030. The van der Waals surface area contributed by atoms with Crippen molar-refractivity contribution >= 4 is 50.1 Å². The fraction of sp³-hybridized carbons (Fsp3) is 0.474. The van der Waals surface area contributed by atoms with Crippen LogP contribution in [-0.4, -0.2) is 60.7 Å². The monoisotopic (exact) mass is 484 g/mol. The fourth-order valence-corrected chi connectivity index (χ4v) is 6.42. The Morgan fingerprint density at radius 3 is 2.65 bits per heavy atom.